The third-order valence-electron chi connectivity index (χ3n) is 5.00. The first-order chi connectivity index (χ1) is 16.6. The molecule has 1 unspecified atom stereocenters. The second-order valence-electron chi connectivity index (χ2n) is 7.45. The number of halogens is 5. The third-order valence-corrected chi connectivity index (χ3v) is 7.39. The maximum absolute atomic E-state index is 13.3. The van der Waals surface area contributed by atoms with Crippen LogP contribution >= 0.6 is 63.7 Å². The molecule has 0 bridgehead atoms. The Hall–Kier alpha value is -1.95. The number of nitrogens with one attached hydrogen (secondary N) is 2. The minimum Gasteiger partial charge on any atom is -0.506 e. The summed E-state index contributed by atoms with van der Waals surface area (Å²) in [5.74, 6) is -1.71. The van der Waals surface area contributed by atoms with Crippen molar-refractivity contribution in [2.45, 2.75) is 6.42 Å². The lowest BCUT2D eigenvalue weighted by Crippen LogP contribution is -2.35. The minimum atomic E-state index is -1.04. The molecule has 3 N–H and O–H groups in total. The lowest BCUT2D eigenvalue weighted by atomic mass is 9.93. The van der Waals surface area contributed by atoms with Gasteiger partial charge in [0.25, 0.3) is 0 Å². The molecule has 1 amide bonds. The number of aromatic hydroxyl groups is 1. The van der Waals surface area contributed by atoms with Crippen LogP contribution in [0.3, 0.4) is 0 Å². The monoisotopic (exact) mass is 734 g/mol. The van der Waals surface area contributed by atoms with Crippen molar-refractivity contribution >= 4 is 86.8 Å². The van der Waals surface area contributed by atoms with Gasteiger partial charge in [-0.05, 0) is 124 Å². The average molecular weight is 738 g/mol. The normalized spacial score (nSPS) is 11.6. The highest BCUT2D eigenvalue weighted by atomic mass is 79.9. The van der Waals surface area contributed by atoms with E-state index in [1.807, 2.05) is 0 Å². The lowest BCUT2D eigenvalue weighted by molar-refractivity contribution is -0.130. The molecule has 0 radical (unpaired) electrons. The van der Waals surface area contributed by atoms with E-state index in [0.717, 1.165) is 5.56 Å². The van der Waals surface area contributed by atoms with Crippen molar-refractivity contribution in [2.24, 2.45) is 5.92 Å². The molecular formula is C24H19Br4FN2O4. The Morgan fingerprint density at radius 1 is 0.943 bits per heavy atom. The van der Waals surface area contributed by atoms with Crippen molar-refractivity contribution in [1.82, 2.24) is 0 Å². The van der Waals surface area contributed by atoms with Gasteiger partial charge in [0.1, 0.15) is 23.2 Å². The van der Waals surface area contributed by atoms with E-state index in [0.29, 0.717) is 35.0 Å². The fourth-order valence-corrected chi connectivity index (χ4v) is 6.05. The highest BCUT2D eigenvalue weighted by Gasteiger charge is 2.28. The van der Waals surface area contributed by atoms with Crippen molar-refractivity contribution in [3.8, 4) is 11.5 Å². The zero-order valence-electron chi connectivity index (χ0n) is 18.2. The van der Waals surface area contributed by atoms with Crippen LogP contribution in [-0.2, 0) is 16.0 Å². The summed E-state index contributed by atoms with van der Waals surface area (Å²) in [7, 11) is 1.54. The number of carbonyl (C=O) groups excluding carboxylic acids is 2. The van der Waals surface area contributed by atoms with E-state index in [1.54, 1.807) is 19.2 Å². The number of carbonyl (C=O) groups is 2. The summed E-state index contributed by atoms with van der Waals surface area (Å²) in [6, 6.07) is 12.2. The Balaban J connectivity index is 1.85. The summed E-state index contributed by atoms with van der Waals surface area (Å²) in [5, 5.41) is 15.6. The van der Waals surface area contributed by atoms with Gasteiger partial charge in [0.05, 0.1) is 31.5 Å². The molecule has 1 atom stereocenters. The van der Waals surface area contributed by atoms with Gasteiger partial charge in [0.2, 0.25) is 5.91 Å². The number of Topliss-reactive ketones (excluding diaryl/α,β-unsaturated/α-hetero) is 1. The molecule has 0 spiro atoms. The lowest BCUT2D eigenvalue weighted by Gasteiger charge is -2.18. The fraction of sp³-hybridized carbons (Fsp3) is 0.167. The third kappa shape index (κ3) is 7.28. The molecule has 0 aliphatic rings. The van der Waals surface area contributed by atoms with Crippen molar-refractivity contribution < 1.29 is 23.8 Å². The van der Waals surface area contributed by atoms with Gasteiger partial charge in [-0.2, -0.15) is 0 Å². The zero-order chi connectivity index (χ0) is 25.7. The molecule has 0 aliphatic carbocycles. The zero-order valence-corrected chi connectivity index (χ0v) is 24.5. The number of amides is 1. The second-order valence-corrected chi connectivity index (χ2v) is 10.9. The van der Waals surface area contributed by atoms with Gasteiger partial charge in [0, 0.05) is 11.4 Å². The summed E-state index contributed by atoms with van der Waals surface area (Å²) in [4.78, 5) is 26.5. The maximum Gasteiger partial charge on any atom is 0.235 e. The van der Waals surface area contributed by atoms with E-state index in [9.17, 15) is 19.1 Å². The number of anilines is 2. The Bertz CT molecular complexity index is 1210. The maximum atomic E-state index is 13.3. The molecule has 0 fully saturated rings. The fourth-order valence-electron chi connectivity index (χ4n) is 3.26. The van der Waals surface area contributed by atoms with Gasteiger partial charge < -0.3 is 20.5 Å². The predicted molar refractivity (Wildman–Crippen MR) is 148 cm³/mol. The van der Waals surface area contributed by atoms with Crippen molar-refractivity contribution in [1.29, 1.82) is 0 Å². The van der Waals surface area contributed by atoms with Crippen LogP contribution in [0.4, 0.5) is 15.8 Å². The number of hydrogen-bond donors (Lipinski definition) is 3. The summed E-state index contributed by atoms with van der Waals surface area (Å²) in [6.45, 7) is -0.134. The Labute approximate surface area is 235 Å². The molecule has 11 heteroatoms. The molecule has 184 valence electrons. The van der Waals surface area contributed by atoms with E-state index in [1.165, 1.54) is 36.4 Å². The van der Waals surface area contributed by atoms with E-state index in [2.05, 4.69) is 74.4 Å². The van der Waals surface area contributed by atoms with Crippen molar-refractivity contribution in [3.63, 3.8) is 0 Å². The molecule has 0 aliphatic heterocycles. The molecule has 3 aromatic rings. The van der Waals surface area contributed by atoms with E-state index in [-0.39, 0.29) is 30.3 Å². The number of phenols is 1. The Morgan fingerprint density at radius 3 is 2.06 bits per heavy atom. The largest absolute Gasteiger partial charge is 0.506 e. The predicted octanol–water partition coefficient (Wildman–Crippen LogP) is 7.07. The van der Waals surface area contributed by atoms with Gasteiger partial charge in [-0.1, -0.05) is 0 Å². The van der Waals surface area contributed by atoms with Crippen LogP contribution in [0.2, 0.25) is 0 Å². The Kier molecular flexibility index (Phi) is 9.74. The molecule has 35 heavy (non-hydrogen) atoms. The molecule has 0 heterocycles. The van der Waals surface area contributed by atoms with Gasteiger partial charge in [-0.3, -0.25) is 9.59 Å². The van der Waals surface area contributed by atoms with Gasteiger partial charge in [-0.25, -0.2) is 4.39 Å². The van der Waals surface area contributed by atoms with Gasteiger partial charge in [0.15, 0.2) is 5.78 Å². The highest BCUT2D eigenvalue weighted by Crippen LogP contribution is 2.36. The molecular weight excluding hydrogens is 719 g/mol. The van der Waals surface area contributed by atoms with E-state index < -0.39 is 11.8 Å². The number of benzene rings is 3. The second kappa shape index (κ2) is 12.3. The molecule has 0 saturated heterocycles. The molecule has 3 aromatic carbocycles. The smallest absolute Gasteiger partial charge is 0.235 e. The van der Waals surface area contributed by atoms with Crippen molar-refractivity contribution in [3.05, 3.63) is 77.8 Å². The average Bonchev–Trinajstić information content (AvgIpc) is 2.80. The minimum absolute atomic E-state index is 0.00736. The molecule has 6 nitrogen and oxygen atoms in total. The first-order valence-corrected chi connectivity index (χ1v) is 13.3. The summed E-state index contributed by atoms with van der Waals surface area (Å²) >= 11 is 13.4. The van der Waals surface area contributed by atoms with Crippen LogP contribution in [0.1, 0.15) is 5.56 Å². The first-order valence-electron chi connectivity index (χ1n) is 10.1. The molecule has 0 aromatic heterocycles. The summed E-state index contributed by atoms with van der Waals surface area (Å²) in [5.41, 5.74) is 1.68. The number of methoxy groups -OCH3 is 1. The first kappa shape index (κ1) is 27.6. The van der Waals surface area contributed by atoms with Crippen LogP contribution in [-0.4, -0.2) is 30.5 Å². The topological polar surface area (TPSA) is 87.7 Å². The quantitative estimate of drug-likeness (QED) is 0.162. The molecule has 0 saturated carbocycles. The van der Waals surface area contributed by atoms with Crippen LogP contribution in [0.15, 0.2) is 66.4 Å². The number of rotatable bonds is 9. The van der Waals surface area contributed by atoms with Crippen LogP contribution in [0, 0.1) is 11.7 Å². The van der Waals surface area contributed by atoms with Crippen LogP contribution in [0.5, 0.6) is 11.5 Å². The molecule has 3 rings (SSSR count). The van der Waals surface area contributed by atoms with Crippen LogP contribution in [0.25, 0.3) is 0 Å². The summed E-state index contributed by atoms with van der Waals surface area (Å²) < 4.78 is 20.6. The van der Waals surface area contributed by atoms with E-state index in [4.69, 9.17) is 4.74 Å². The SMILES string of the molecule is COc1c(Br)cc(CC(C(=O)CNc2ccc(F)cc2)C(=O)Nc2cc(Br)c(O)c(Br)c2)cc1Br. The van der Waals surface area contributed by atoms with Crippen LogP contribution < -0.4 is 15.4 Å². The highest BCUT2D eigenvalue weighted by molar-refractivity contribution is 9.11. The Morgan fingerprint density at radius 2 is 1.51 bits per heavy atom. The number of phenolic OH excluding ortho intramolecular Hbond substituents is 1. The van der Waals surface area contributed by atoms with E-state index >= 15 is 0 Å². The van der Waals surface area contributed by atoms with Gasteiger partial charge in [-0.15, -0.1) is 0 Å². The number of ketones is 1. The summed E-state index contributed by atoms with van der Waals surface area (Å²) in [6.07, 6.45) is 0.122. The number of hydrogen-bond acceptors (Lipinski definition) is 5. The standard InChI is InChI=1S/C24H19Br4FN2O4/c1-35-23-19(27)7-12(8-20(23)28)6-16(21(32)11-30-14-4-2-13(29)3-5-14)24(34)31-15-9-17(25)22(33)18(26)10-15/h2-5,7-10,16,30,33H,6,11H2,1H3,(H,31,34). The number of ether oxygens (including phenoxy) is 1. The van der Waals surface area contributed by atoms with Crippen molar-refractivity contribution in [2.75, 3.05) is 24.3 Å². The van der Waals surface area contributed by atoms with Gasteiger partial charge >= 0.3 is 0 Å².